The molecule has 0 fully saturated rings. The van der Waals surface area contributed by atoms with Crippen molar-refractivity contribution in [1.82, 2.24) is 4.90 Å². The van der Waals surface area contributed by atoms with Crippen molar-refractivity contribution in [3.8, 4) is 0 Å². The Labute approximate surface area is 117 Å². The number of hydrogen-bond donors (Lipinski definition) is 0. The topological polar surface area (TPSA) is 3.24 Å². The predicted molar refractivity (Wildman–Crippen MR) is 57.7 cm³/mol. The zero-order chi connectivity index (χ0) is 8.53. The molecule has 0 N–H and O–H groups in total. The summed E-state index contributed by atoms with van der Waals surface area (Å²) in [5.41, 5.74) is 0. The summed E-state index contributed by atoms with van der Waals surface area (Å²) in [6.45, 7) is 3.52. The molecular weight excluding hydrogens is 251 g/mol. The van der Waals surface area contributed by atoms with Crippen LogP contribution in [0.3, 0.4) is 0 Å². The minimum Gasteiger partial charge on any atom is -1.00 e. The van der Waals surface area contributed by atoms with Crippen LogP contribution >= 0.6 is 0 Å². The van der Waals surface area contributed by atoms with Gasteiger partial charge in [-0.15, -0.1) is 0 Å². The maximum atomic E-state index is 2.26. The first-order valence-corrected chi connectivity index (χ1v) is 4.92. The number of unbranched alkanes of at least 4 members (excludes halogenated alkanes) is 5. The van der Waals surface area contributed by atoms with Crippen LogP contribution in [0.2, 0.25) is 0 Å². The van der Waals surface area contributed by atoms with Crippen molar-refractivity contribution in [2.24, 2.45) is 0 Å². The fourth-order valence-corrected chi connectivity index (χ4v) is 1.21. The molecule has 92 valence electrons. The van der Waals surface area contributed by atoms with E-state index in [-0.39, 0.29) is 45.6 Å². The molecule has 0 saturated carbocycles. The third-order valence-electron chi connectivity index (χ3n) is 1.96. The number of rotatable bonds is 7. The van der Waals surface area contributed by atoms with Gasteiger partial charge < -0.3 is 42.1 Å². The molecule has 0 rings (SSSR count). The Kier molecular flexibility index (Phi) is 48.0. The van der Waals surface area contributed by atoms with Crippen LogP contribution in [-0.2, 0) is 0 Å². The van der Waals surface area contributed by atoms with E-state index in [1.807, 2.05) is 0 Å². The zero-order valence-electron chi connectivity index (χ0n) is 10.1. The van der Waals surface area contributed by atoms with Gasteiger partial charge in [-0.05, 0) is 27.1 Å². The van der Waals surface area contributed by atoms with Crippen LogP contribution in [0, 0.1) is 0 Å². The van der Waals surface area contributed by atoms with Crippen molar-refractivity contribution in [1.29, 1.82) is 0 Å². The molecular formula is C10H23BCl3N. The van der Waals surface area contributed by atoms with Gasteiger partial charge in [0.15, 0.2) is 0 Å². The van der Waals surface area contributed by atoms with E-state index in [0.717, 1.165) is 0 Å². The van der Waals surface area contributed by atoms with Crippen molar-refractivity contribution >= 4 is 8.41 Å². The van der Waals surface area contributed by atoms with Gasteiger partial charge in [0.1, 0.15) is 0 Å². The Bertz CT molecular complexity index is 85.1. The van der Waals surface area contributed by atoms with E-state index >= 15 is 0 Å². The summed E-state index contributed by atoms with van der Waals surface area (Å²) in [5.74, 6) is 0. The maximum absolute atomic E-state index is 2.26. The fourth-order valence-electron chi connectivity index (χ4n) is 1.21. The SMILES string of the molecule is CCCCCCCCN(C)C.[B+3].[Cl-].[Cl-].[Cl-]. The largest absolute Gasteiger partial charge is 3.00 e. The van der Waals surface area contributed by atoms with E-state index in [1.54, 1.807) is 0 Å². The van der Waals surface area contributed by atoms with Crippen molar-refractivity contribution in [2.45, 2.75) is 45.4 Å². The molecule has 0 aromatic heterocycles. The molecule has 0 radical (unpaired) electrons. The second-order valence-electron chi connectivity index (χ2n) is 3.57. The van der Waals surface area contributed by atoms with E-state index in [2.05, 4.69) is 25.9 Å². The normalized spacial score (nSPS) is 8.00. The monoisotopic (exact) mass is 273 g/mol. The van der Waals surface area contributed by atoms with Crippen LogP contribution in [0.4, 0.5) is 0 Å². The minimum atomic E-state index is 0. The summed E-state index contributed by atoms with van der Waals surface area (Å²) < 4.78 is 0. The van der Waals surface area contributed by atoms with Gasteiger partial charge in [0.25, 0.3) is 0 Å². The van der Waals surface area contributed by atoms with Gasteiger partial charge in [-0.1, -0.05) is 39.0 Å². The number of hydrogen-bond acceptors (Lipinski definition) is 1. The van der Waals surface area contributed by atoms with E-state index < -0.39 is 0 Å². The molecule has 0 aliphatic carbocycles. The van der Waals surface area contributed by atoms with Crippen molar-refractivity contribution < 1.29 is 37.2 Å². The summed E-state index contributed by atoms with van der Waals surface area (Å²) in [5, 5.41) is 0. The predicted octanol–water partition coefficient (Wildman–Crippen LogP) is -6.46. The van der Waals surface area contributed by atoms with Gasteiger partial charge in [-0.25, -0.2) is 0 Å². The molecule has 0 bridgehead atoms. The first-order chi connectivity index (χ1) is 5.27. The molecule has 0 heterocycles. The molecule has 0 amide bonds. The first kappa shape index (κ1) is 29.7. The van der Waals surface area contributed by atoms with E-state index in [9.17, 15) is 0 Å². The molecule has 0 aliphatic heterocycles. The van der Waals surface area contributed by atoms with Crippen LogP contribution in [0.1, 0.15) is 45.4 Å². The standard InChI is InChI=1S/C10H23N.B.3ClH/c1-4-5-6-7-8-9-10-11(2)3;;;;/h4-10H2,1-3H3;;3*1H/q;+3;;;/p-3. The van der Waals surface area contributed by atoms with Crippen LogP contribution < -0.4 is 37.2 Å². The van der Waals surface area contributed by atoms with Crippen LogP contribution in [0.25, 0.3) is 0 Å². The van der Waals surface area contributed by atoms with Crippen molar-refractivity contribution in [3.63, 3.8) is 0 Å². The molecule has 1 nitrogen and oxygen atoms in total. The number of nitrogens with zero attached hydrogens (tertiary/aromatic N) is 1. The third kappa shape index (κ3) is 31.3. The van der Waals surface area contributed by atoms with Gasteiger partial charge >= 0.3 is 8.41 Å². The maximum Gasteiger partial charge on any atom is 3.00 e. The molecule has 0 aromatic rings. The Balaban J connectivity index is -0.0000000833. The zero-order valence-corrected chi connectivity index (χ0v) is 12.4. The summed E-state index contributed by atoms with van der Waals surface area (Å²) in [7, 11) is 4.29. The molecule has 0 aliphatic rings. The second-order valence-corrected chi connectivity index (χ2v) is 3.57. The number of halogens is 3. The molecule has 0 aromatic carbocycles. The Morgan fingerprint density at radius 3 is 1.53 bits per heavy atom. The molecule has 0 saturated heterocycles. The van der Waals surface area contributed by atoms with Crippen LogP contribution in [-0.4, -0.2) is 34.0 Å². The first-order valence-electron chi connectivity index (χ1n) is 4.92. The molecule has 5 heteroatoms. The summed E-state index contributed by atoms with van der Waals surface area (Å²) >= 11 is 0. The van der Waals surface area contributed by atoms with E-state index in [0.29, 0.717) is 0 Å². The Morgan fingerprint density at radius 2 is 1.13 bits per heavy atom. The minimum absolute atomic E-state index is 0. The molecule has 15 heavy (non-hydrogen) atoms. The van der Waals surface area contributed by atoms with E-state index in [1.165, 1.54) is 45.1 Å². The summed E-state index contributed by atoms with van der Waals surface area (Å²) in [6, 6.07) is 0. The van der Waals surface area contributed by atoms with Gasteiger partial charge in [0.05, 0.1) is 0 Å². The fraction of sp³-hybridized carbons (Fsp3) is 1.00. The second kappa shape index (κ2) is 24.2. The summed E-state index contributed by atoms with van der Waals surface area (Å²) in [4.78, 5) is 2.26. The molecule has 0 atom stereocenters. The quantitative estimate of drug-likeness (QED) is 0.330. The van der Waals surface area contributed by atoms with Crippen molar-refractivity contribution in [2.75, 3.05) is 20.6 Å². The average molecular weight is 274 g/mol. The molecule has 0 spiro atoms. The van der Waals surface area contributed by atoms with Crippen LogP contribution in [0.15, 0.2) is 0 Å². The van der Waals surface area contributed by atoms with Gasteiger partial charge in [-0.2, -0.15) is 0 Å². The van der Waals surface area contributed by atoms with E-state index in [4.69, 9.17) is 0 Å². The van der Waals surface area contributed by atoms with Crippen molar-refractivity contribution in [3.05, 3.63) is 0 Å². The average Bonchev–Trinajstić information content (AvgIpc) is 1.96. The van der Waals surface area contributed by atoms with Gasteiger partial charge in [0.2, 0.25) is 0 Å². The Morgan fingerprint density at radius 1 is 0.733 bits per heavy atom. The Hall–Kier alpha value is 0.895. The van der Waals surface area contributed by atoms with Gasteiger partial charge in [-0.3, -0.25) is 0 Å². The summed E-state index contributed by atoms with van der Waals surface area (Å²) in [6.07, 6.45) is 8.43. The molecule has 0 unspecified atom stereocenters. The van der Waals surface area contributed by atoms with Crippen LogP contribution in [0.5, 0.6) is 0 Å². The third-order valence-corrected chi connectivity index (χ3v) is 1.96. The van der Waals surface area contributed by atoms with Gasteiger partial charge in [0, 0.05) is 0 Å². The smallest absolute Gasteiger partial charge is 1.00 e.